The molecular formula is C8H14N2O. The molecule has 0 bridgehead atoms. The molecule has 2 fully saturated rings. The topological polar surface area (TPSA) is 41.1 Å². The Balaban J connectivity index is 1.87. The van der Waals surface area contributed by atoms with Gasteiger partial charge in [-0.2, -0.15) is 0 Å². The van der Waals surface area contributed by atoms with Crippen molar-refractivity contribution < 1.29 is 4.79 Å². The molecule has 0 spiro atoms. The number of rotatable bonds is 1. The van der Waals surface area contributed by atoms with Crippen molar-refractivity contribution in [1.82, 2.24) is 10.6 Å². The van der Waals surface area contributed by atoms with Gasteiger partial charge in [-0.25, -0.2) is 0 Å². The van der Waals surface area contributed by atoms with E-state index in [2.05, 4.69) is 10.6 Å². The summed E-state index contributed by atoms with van der Waals surface area (Å²) in [6, 6.07) is 0.470. The monoisotopic (exact) mass is 154 g/mol. The average Bonchev–Trinajstić information content (AvgIpc) is 1.83. The highest BCUT2D eigenvalue weighted by Gasteiger charge is 2.30. The maximum absolute atomic E-state index is 11.0. The second-order valence-corrected chi connectivity index (χ2v) is 3.48. The number of nitrogens with one attached hydrogen (secondary N) is 2. The Bertz CT molecular complexity index is 165. The molecule has 11 heavy (non-hydrogen) atoms. The zero-order valence-corrected chi connectivity index (χ0v) is 6.60. The number of hydrogen-bond donors (Lipinski definition) is 2. The van der Waals surface area contributed by atoms with E-state index in [0.717, 1.165) is 5.92 Å². The molecule has 2 rings (SSSR count). The largest absolute Gasteiger partial charge is 0.343 e. The van der Waals surface area contributed by atoms with Crippen molar-refractivity contribution in [3.8, 4) is 0 Å². The summed E-state index contributed by atoms with van der Waals surface area (Å²) >= 11 is 0. The third-order valence-electron chi connectivity index (χ3n) is 2.77. The molecule has 2 N–H and O–H groups in total. The molecule has 62 valence electrons. The van der Waals surface area contributed by atoms with Gasteiger partial charge in [0.1, 0.15) is 0 Å². The third-order valence-corrected chi connectivity index (χ3v) is 2.77. The first kappa shape index (κ1) is 7.10. The van der Waals surface area contributed by atoms with Crippen molar-refractivity contribution in [2.75, 3.05) is 6.67 Å². The fourth-order valence-corrected chi connectivity index (χ4v) is 1.80. The molecule has 1 saturated carbocycles. The van der Waals surface area contributed by atoms with Crippen LogP contribution in [0.3, 0.4) is 0 Å². The van der Waals surface area contributed by atoms with Crippen LogP contribution in [0.5, 0.6) is 0 Å². The lowest BCUT2D eigenvalue weighted by Crippen LogP contribution is -2.52. The average molecular weight is 154 g/mol. The first-order valence-corrected chi connectivity index (χ1v) is 4.36. The summed E-state index contributed by atoms with van der Waals surface area (Å²) in [5.41, 5.74) is 0. The van der Waals surface area contributed by atoms with E-state index in [4.69, 9.17) is 0 Å². The first-order chi connectivity index (χ1) is 5.36. The lowest BCUT2D eigenvalue weighted by atomic mass is 9.78. The van der Waals surface area contributed by atoms with E-state index in [9.17, 15) is 4.79 Å². The van der Waals surface area contributed by atoms with Gasteiger partial charge in [0.15, 0.2) is 0 Å². The molecule has 1 aliphatic heterocycles. The van der Waals surface area contributed by atoms with Crippen LogP contribution in [0.4, 0.5) is 0 Å². The second-order valence-electron chi connectivity index (χ2n) is 3.48. The number of amides is 1. The van der Waals surface area contributed by atoms with Gasteiger partial charge in [0.2, 0.25) is 5.91 Å². The zero-order chi connectivity index (χ0) is 7.68. The predicted molar refractivity (Wildman–Crippen MR) is 41.9 cm³/mol. The van der Waals surface area contributed by atoms with Gasteiger partial charge < -0.3 is 5.32 Å². The fraction of sp³-hybridized carbons (Fsp3) is 0.875. The van der Waals surface area contributed by atoms with Gasteiger partial charge in [0, 0.05) is 12.5 Å². The van der Waals surface area contributed by atoms with E-state index in [1.807, 2.05) is 0 Å². The molecular weight excluding hydrogens is 140 g/mol. The highest BCUT2D eigenvalue weighted by molar-refractivity contribution is 5.77. The van der Waals surface area contributed by atoms with Gasteiger partial charge in [-0.3, -0.25) is 10.1 Å². The summed E-state index contributed by atoms with van der Waals surface area (Å²) in [5.74, 6) is 0.988. The van der Waals surface area contributed by atoms with Crippen molar-refractivity contribution in [2.45, 2.75) is 31.7 Å². The zero-order valence-electron chi connectivity index (χ0n) is 6.60. The van der Waals surface area contributed by atoms with E-state index >= 15 is 0 Å². The maximum Gasteiger partial charge on any atom is 0.222 e. The molecule has 0 aromatic rings. The third kappa shape index (κ3) is 1.38. The summed E-state index contributed by atoms with van der Waals surface area (Å²) in [7, 11) is 0. The van der Waals surface area contributed by atoms with Crippen LogP contribution in [0, 0.1) is 5.92 Å². The minimum absolute atomic E-state index is 0.209. The van der Waals surface area contributed by atoms with Gasteiger partial charge in [0.05, 0.1) is 6.67 Å². The second kappa shape index (κ2) is 2.81. The lowest BCUT2D eigenvalue weighted by molar-refractivity contribution is -0.123. The Kier molecular flexibility index (Phi) is 1.82. The van der Waals surface area contributed by atoms with Crippen LogP contribution in [0.15, 0.2) is 0 Å². The molecule has 1 aliphatic carbocycles. The Morgan fingerprint density at radius 3 is 2.73 bits per heavy atom. The van der Waals surface area contributed by atoms with E-state index in [1.54, 1.807) is 0 Å². The predicted octanol–water partition coefficient (Wildman–Crippen LogP) is 0.222. The summed E-state index contributed by atoms with van der Waals surface area (Å²) in [5, 5.41) is 6.08. The number of hydrogen-bond acceptors (Lipinski definition) is 2. The normalized spacial score (nSPS) is 32.7. The summed E-state index contributed by atoms with van der Waals surface area (Å²) in [6.45, 7) is 0.667. The SMILES string of the molecule is O=C1CC(C2CCC2)NCN1. The van der Waals surface area contributed by atoms with Crippen LogP contribution in [0.1, 0.15) is 25.7 Å². The van der Waals surface area contributed by atoms with E-state index in [-0.39, 0.29) is 5.91 Å². The van der Waals surface area contributed by atoms with Gasteiger partial charge in [-0.15, -0.1) is 0 Å². The fourth-order valence-electron chi connectivity index (χ4n) is 1.80. The molecule has 0 radical (unpaired) electrons. The van der Waals surface area contributed by atoms with Crippen LogP contribution in [0.2, 0.25) is 0 Å². The Morgan fingerprint density at radius 1 is 1.36 bits per heavy atom. The van der Waals surface area contributed by atoms with Crippen molar-refractivity contribution in [2.24, 2.45) is 5.92 Å². The van der Waals surface area contributed by atoms with Gasteiger partial charge in [-0.1, -0.05) is 6.42 Å². The van der Waals surface area contributed by atoms with Gasteiger partial charge in [-0.05, 0) is 18.8 Å². The van der Waals surface area contributed by atoms with Gasteiger partial charge in [0.25, 0.3) is 0 Å². The standard InChI is InChI=1S/C8H14N2O/c11-8-4-7(9-5-10-8)6-2-1-3-6/h6-7,9H,1-5H2,(H,10,11). The van der Waals surface area contributed by atoms with E-state index in [1.165, 1.54) is 19.3 Å². The molecule has 1 amide bonds. The van der Waals surface area contributed by atoms with Crippen molar-refractivity contribution in [1.29, 1.82) is 0 Å². The molecule has 0 aromatic carbocycles. The maximum atomic E-state index is 11.0. The molecule has 2 aliphatic rings. The Morgan fingerprint density at radius 2 is 2.18 bits per heavy atom. The molecule has 0 aromatic heterocycles. The van der Waals surface area contributed by atoms with Crippen molar-refractivity contribution in [3.63, 3.8) is 0 Å². The minimum Gasteiger partial charge on any atom is -0.343 e. The molecule has 3 heteroatoms. The molecule has 1 unspecified atom stereocenters. The molecule has 1 heterocycles. The Hall–Kier alpha value is -0.570. The smallest absolute Gasteiger partial charge is 0.222 e. The Labute approximate surface area is 66.5 Å². The highest BCUT2D eigenvalue weighted by Crippen LogP contribution is 2.31. The first-order valence-electron chi connectivity index (χ1n) is 4.36. The summed E-state index contributed by atoms with van der Waals surface area (Å²) < 4.78 is 0. The minimum atomic E-state index is 0.209. The number of carbonyl (C=O) groups is 1. The summed E-state index contributed by atoms with van der Waals surface area (Å²) in [4.78, 5) is 11.0. The lowest BCUT2D eigenvalue weighted by Gasteiger charge is -2.36. The highest BCUT2D eigenvalue weighted by atomic mass is 16.1. The van der Waals surface area contributed by atoms with Crippen LogP contribution in [0.25, 0.3) is 0 Å². The van der Waals surface area contributed by atoms with Crippen molar-refractivity contribution in [3.05, 3.63) is 0 Å². The number of carbonyl (C=O) groups excluding carboxylic acids is 1. The van der Waals surface area contributed by atoms with Gasteiger partial charge >= 0.3 is 0 Å². The molecule has 3 nitrogen and oxygen atoms in total. The molecule has 1 atom stereocenters. The quantitative estimate of drug-likeness (QED) is 0.567. The van der Waals surface area contributed by atoms with Crippen LogP contribution in [-0.4, -0.2) is 18.6 Å². The van der Waals surface area contributed by atoms with Crippen LogP contribution >= 0.6 is 0 Å². The van der Waals surface area contributed by atoms with Crippen LogP contribution < -0.4 is 10.6 Å². The van der Waals surface area contributed by atoms with Crippen molar-refractivity contribution >= 4 is 5.91 Å². The van der Waals surface area contributed by atoms with E-state index in [0.29, 0.717) is 19.1 Å². The molecule has 1 saturated heterocycles. The van der Waals surface area contributed by atoms with Crippen LogP contribution in [-0.2, 0) is 4.79 Å². The summed E-state index contributed by atoms with van der Waals surface area (Å²) in [6.07, 6.45) is 4.66. The van der Waals surface area contributed by atoms with E-state index < -0.39 is 0 Å².